The molecule has 1 aromatic rings. The lowest BCUT2D eigenvalue weighted by Gasteiger charge is -2.04. The minimum absolute atomic E-state index is 0.186. The van der Waals surface area contributed by atoms with Crippen LogP contribution >= 0.6 is 10.7 Å². The van der Waals surface area contributed by atoms with E-state index in [0.717, 1.165) is 19.1 Å². The van der Waals surface area contributed by atoms with Crippen LogP contribution in [0.3, 0.4) is 0 Å². The highest BCUT2D eigenvalue weighted by molar-refractivity contribution is 8.13. The van der Waals surface area contributed by atoms with Gasteiger partial charge in [0.15, 0.2) is 0 Å². The van der Waals surface area contributed by atoms with Crippen LogP contribution in [0.5, 0.6) is 0 Å². The summed E-state index contributed by atoms with van der Waals surface area (Å²) in [7, 11) is 1.02. The van der Waals surface area contributed by atoms with Crippen LogP contribution in [0.25, 0.3) is 0 Å². The fourth-order valence-corrected chi connectivity index (χ4v) is 1.74. The van der Waals surface area contributed by atoms with Crippen LogP contribution < -0.4 is 0 Å². The van der Waals surface area contributed by atoms with Gasteiger partial charge in [-0.2, -0.15) is 0 Å². The summed E-state index contributed by atoms with van der Waals surface area (Å²) in [4.78, 5) is -0.374. The highest BCUT2D eigenvalue weighted by Crippen LogP contribution is 2.24. The van der Waals surface area contributed by atoms with Gasteiger partial charge in [0.25, 0.3) is 9.05 Å². The third kappa shape index (κ3) is 4.06. The zero-order valence-corrected chi connectivity index (χ0v) is 10.7. The van der Waals surface area contributed by atoms with Crippen LogP contribution in [0.1, 0.15) is 32.5 Å². The molecule has 6 heteroatoms. The molecule has 1 atom stereocenters. The lowest BCUT2D eigenvalue weighted by atomic mass is 10.1. The second-order valence-electron chi connectivity index (χ2n) is 2.74. The molecule has 2 nitrogen and oxygen atoms in total. The first-order valence-electron chi connectivity index (χ1n) is 4.70. The summed E-state index contributed by atoms with van der Waals surface area (Å²) in [6.07, 6.45) is -1.48. The molecule has 1 rings (SSSR count). The van der Waals surface area contributed by atoms with Crippen molar-refractivity contribution >= 4 is 19.7 Å². The van der Waals surface area contributed by atoms with Crippen LogP contribution in [0.2, 0.25) is 0 Å². The second kappa shape index (κ2) is 6.15. The maximum Gasteiger partial charge on any atom is 0.261 e. The zero-order valence-electron chi connectivity index (χ0n) is 9.17. The van der Waals surface area contributed by atoms with E-state index in [1.165, 1.54) is 0 Å². The van der Waals surface area contributed by atoms with Gasteiger partial charge in [0.1, 0.15) is 12.0 Å². The summed E-state index contributed by atoms with van der Waals surface area (Å²) in [6.45, 7) is 5.16. The highest BCUT2D eigenvalue weighted by Gasteiger charge is 2.15. The maximum atomic E-state index is 13.1. The van der Waals surface area contributed by atoms with E-state index >= 15 is 0 Å². The largest absolute Gasteiger partial charge is 0.261 e. The Bertz CT molecular complexity index is 444. The van der Waals surface area contributed by atoms with Gasteiger partial charge in [0.05, 0.1) is 4.90 Å². The fraction of sp³-hybridized carbons (Fsp3) is 0.400. The predicted octanol–water partition coefficient (Wildman–Crippen LogP) is 3.81. The molecule has 1 aromatic carbocycles. The molecule has 0 aliphatic rings. The van der Waals surface area contributed by atoms with E-state index in [-0.39, 0.29) is 10.5 Å². The molecule has 0 saturated carbocycles. The average Bonchev–Trinajstić information content (AvgIpc) is 2.18. The zero-order chi connectivity index (χ0) is 12.9. The third-order valence-electron chi connectivity index (χ3n) is 1.68. The molecular weight excluding hydrogens is 258 g/mol. The monoisotopic (exact) mass is 270 g/mol. The number of halogens is 3. The van der Waals surface area contributed by atoms with Gasteiger partial charge in [0, 0.05) is 16.2 Å². The van der Waals surface area contributed by atoms with Gasteiger partial charge < -0.3 is 0 Å². The van der Waals surface area contributed by atoms with Crippen molar-refractivity contribution in [2.45, 2.75) is 31.8 Å². The molecule has 0 heterocycles. The lowest BCUT2D eigenvalue weighted by Crippen LogP contribution is -1.96. The first-order chi connectivity index (χ1) is 7.32. The Kier molecular flexibility index (Phi) is 5.89. The summed E-state index contributed by atoms with van der Waals surface area (Å²) in [5, 5.41) is 0. The summed E-state index contributed by atoms with van der Waals surface area (Å²) in [6, 6.07) is 2.83. The van der Waals surface area contributed by atoms with Crippen molar-refractivity contribution in [3.63, 3.8) is 0 Å². The van der Waals surface area contributed by atoms with Gasteiger partial charge in [-0.25, -0.2) is 17.2 Å². The van der Waals surface area contributed by atoms with E-state index in [9.17, 15) is 17.2 Å². The Morgan fingerprint density at radius 2 is 1.81 bits per heavy atom. The van der Waals surface area contributed by atoms with E-state index in [1.54, 1.807) is 0 Å². The van der Waals surface area contributed by atoms with E-state index in [1.807, 2.05) is 13.8 Å². The number of alkyl halides is 1. The Labute approximate surface area is 98.7 Å². The van der Waals surface area contributed by atoms with Crippen molar-refractivity contribution in [3.05, 3.63) is 29.6 Å². The molecule has 16 heavy (non-hydrogen) atoms. The molecule has 0 spiro atoms. The standard InChI is InChI=1S/C8H7ClF2O2S.C2H6/c1-5(10)7-3-2-6(4-8(7)11)14(9,12)13;1-2/h2-5H,1H3;1-2H3. The number of hydrogen-bond acceptors (Lipinski definition) is 2. The predicted molar refractivity (Wildman–Crippen MR) is 60.3 cm³/mol. The smallest absolute Gasteiger partial charge is 0.242 e. The summed E-state index contributed by atoms with van der Waals surface area (Å²) < 4.78 is 47.3. The fourth-order valence-electron chi connectivity index (χ4n) is 0.982. The Morgan fingerprint density at radius 3 is 2.12 bits per heavy atom. The van der Waals surface area contributed by atoms with Crippen molar-refractivity contribution in [3.8, 4) is 0 Å². The Morgan fingerprint density at radius 1 is 1.31 bits per heavy atom. The van der Waals surface area contributed by atoms with Crippen molar-refractivity contribution in [1.29, 1.82) is 0 Å². The number of hydrogen-bond donors (Lipinski definition) is 0. The van der Waals surface area contributed by atoms with Crippen LogP contribution in [-0.4, -0.2) is 8.42 Å². The van der Waals surface area contributed by atoms with E-state index in [2.05, 4.69) is 0 Å². The van der Waals surface area contributed by atoms with E-state index in [4.69, 9.17) is 10.7 Å². The second-order valence-corrected chi connectivity index (χ2v) is 5.30. The lowest BCUT2D eigenvalue weighted by molar-refractivity contribution is 0.361. The molecule has 0 amide bonds. The molecule has 0 aromatic heterocycles. The van der Waals surface area contributed by atoms with E-state index < -0.39 is 21.0 Å². The quantitative estimate of drug-likeness (QED) is 0.766. The molecule has 0 fully saturated rings. The maximum absolute atomic E-state index is 13.1. The molecule has 0 N–H and O–H groups in total. The summed E-state index contributed by atoms with van der Waals surface area (Å²) in [5.74, 6) is -0.915. The minimum Gasteiger partial charge on any atom is -0.242 e. The summed E-state index contributed by atoms with van der Waals surface area (Å²) >= 11 is 0. The molecule has 0 aliphatic carbocycles. The van der Waals surface area contributed by atoms with Gasteiger partial charge in [-0.1, -0.05) is 19.9 Å². The molecule has 92 valence electrons. The van der Waals surface area contributed by atoms with Crippen LogP contribution in [0.4, 0.5) is 8.78 Å². The van der Waals surface area contributed by atoms with Crippen molar-refractivity contribution in [2.75, 3.05) is 0 Å². The van der Waals surface area contributed by atoms with Gasteiger partial charge in [-0.3, -0.25) is 0 Å². The van der Waals surface area contributed by atoms with Gasteiger partial charge in [0.2, 0.25) is 0 Å². The van der Waals surface area contributed by atoms with Crippen molar-refractivity contribution < 1.29 is 17.2 Å². The van der Waals surface area contributed by atoms with Crippen LogP contribution in [-0.2, 0) is 9.05 Å². The van der Waals surface area contributed by atoms with Gasteiger partial charge in [-0.05, 0) is 19.1 Å². The Hall–Kier alpha value is -0.680. The molecule has 1 unspecified atom stereocenters. The molecule has 0 saturated heterocycles. The molecule has 0 bridgehead atoms. The normalized spacial score (nSPS) is 12.6. The first-order valence-corrected chi connectivity index (χ1v) is 7.01. The number of rotatable bonds is 2. The third-order valence-corrected chi connectivity index (χ3v) is 3.03. The van der Waals surface area contributed by atoms with Crippen LogP contribution in [0, 0.1) is 5.82 Å². The molecule has 0 radical (unpaired) electrons. The van der Waals surface area contributed by atoms with E-state index in [0.29, 0.717) is 6.07 Å². The number of benzene rings is 1. The highest BCUT2D eigenvalue weighted by atomic mass is 35.7. The van der Waals surface area contributed by atoms with Gasteiger partial charge >= 0.3 is 0 Å². The molecule has 0 aliphatic heterocycles. The average molecular weight is 271 g/mol. The van der Waals surface area contributed by atoms with Gasteiger partial charge in [-0.15, -0.1) is 0 Å². The summed E-state index contributed by atoms with van der Waals surface area (Å²) in [5.41, 5.74) is -0.186. The van der Waals surface area contributed by atoms with Crippen molar-refractivity contribution in [1.82, 2.24) is 0 Å². The van der Waals surface area contributed by atoms with Crippen molar-refractivity contribution in [2.24, 2.45) is 0 Å². The topological polar surface area (TPSA) is 34.1 Å². The molecular formula is C10H13ClF2O2S. The first kappa shape index (κ1) is 15.3. The SMILES string of the molecule is CC.CC(F)c1ccc(S(=O)(=O)Cl)cc1F. The Balaban J connectivity index is 0.00000106. The minimum atomic E-state index is -3.96. The van der Waals surface area contributed by atoms with Crippen LogP contribution in [0.15, 0.2) is 23.1 Å².